The zero-order valence-electron chi connectivity index (χ0n) is 46.9. The van der Waals surface area contributed by atoms with Gasteiger partial charge in [0.2, 0.25) is 0 Å². The van der Waals surface area contributed by atoms with E-state index >= 15 is 0 Å². The SMILES string of the molecule is CCCCCC/C=C\CCCCCCCC(=O)OC(COC(=O)CCCCCCC)COC(=O)CCCCCCCCCCCCCCCCCCCCCCCCCCCCCCCCCCC. The minimum absolute atomic E-state index is 0.0693. The van der Waals surface area contributed by atoms with Crippen molar-refractivity contribution in [3.8, 4) is 0 Å². The Morgan fingerprint density at radius 2 is 0.478 bits per heavy atom. The van der Waals surface area contributed by atoms with Crippen LogP contribution in [0.2, 0.25) is 0 Å². The molecule has 0 amide bonds. The Labute approximate surface area is 431 Å². The maximum Gasteiger partial charge on any atom is 0.306 e. The Bertz CT molecular complexity index is 1070. The lowest BCUT2D eigenvalue weighted by Crippen LogP contribution is -2.30. The van der Waals surface area contributed by atoms with Gasteiger partial charge in [0.05, 0.1) is 0 Å². The molecule has 6 nitrogen and oxygen atoms in total. The molecule has 0 saturated carbocycles. The second-order valence-electron chi connectivity index (χ2n) is 21.3. The summed E-state index contributed by atoms with van der Waals surface area (Å²) in [5.74, 6) is -0.874. The summed E-state index contributed by atoms with van der Waals surface area (Å²) in [5.41, 5.74) is 0. The average Bonchev–Trinajstić information content (AvgIpc) is 3.35. The highest BCUT2D eigenvalue weighted by Crippen LogP contribution is 2.18. The van der Waals surface area contributed by atoms with Gasteiger partial charge in [-0.05, 0) is 44.9 Å². The van der Waals surface area contributed by atoms with E-state index in [0.717, 1.165) is 70.6 Å². The standard InChI is InChI=1S/C63H120O6/c1-4-7-10-13-15-17-19-21-22-23-24-25-26-27-28-29-30-31-32-33-34-35-36-37-38-39-40-42-43-45-47-50-53-56-62(65)68-59-60(58-67-61(64)55-52-49-12-9-6-3)69-63(66)57-54-51-48-46-44-41-20-18-16-14-11-8-5-2/h18,20,60H,4-17,19,21-59H2,1-3H3/b20-18-. The van der Waals surface area contributed by atoms with Crippen molar-refractivity contribution in [2.75, 3.05) is 13.2 Å². The minimum atomic E-state index is -0.766. The van der Waals surface area contributed by atoms with Crippen molar-refractivity contribution in [3.63, 3.8) is 0 Å². The van der Waals surface area contributed by atoms with E-state index in [-0.39, 0.29) is 31.1 Å². The molecule has 1 atom stereocenters. The molecule has 0 aromatic rings. The van der Waals surface area contributed by atoms with Gasteiger partial charge in [0.25, 0.3) is 0 Å². The van der Waals surface area contributed by atoms with Crippen LogP contribution >= 0.6 is 0 Å². The molecular weight excluding hydrogens is 853 g/mol. The topological polar surface area (TPSA) is 78.9 Å². The molecule has 0 aliphatic rings. The summed E-state index contributed by atoms with van der Waals surface area (Å²) in [7, 11) is 0. The quantitative estimate of drug-likeness (QED) is 0.0261. The number of hydrogen-bond donors (Lipinski definition) is 0. The van der Waals surface area contributed by atoms with Gasteiger partial charge in [-0.25, -0.2) is 0 Å². The van der Waals surface area contributed by atoms with Gasteiger partial charge in [-0.15, -0.1) is 0 Å². The van der Waals surface area contributed by atoms with Crippen molar-refractivity contribution in [3.05, 3.63) is 12.2 Å². The van der Waals surface area contributed by atoms with E-state index in [9.17, 15) is 14.4 Å². The number of unbranched alkanes of at least 4 members (excludes halogenated alkanes) is 45. The number of rotatable bonds is 58. The van der Waals surface area contributed by atoms with Crippen molar-refractivity contribution in [2.45, 2.75) is 361 Å². The minimum Gasteiger partial charge on any atom is -0.462 e. The predicted octanol–water partition coefficient (Wildman–Crippen LogP) is 20.9. The summed E-state index contributed by atoms with van der Waals surface area (Å²) < 4.78 is 16.7. The first kappa shape index (κ1) is 67.1. The maximum atomic E-state index is 12.7. The Morgan fingerprint density at radius 1 is 0.275 bits per heavy atom. The van der Waals surface area contributed by atoms with E-state index in [0.29, 0.717) is 19.3 Å². The molecule has 0 spiro atoms. The summed E-state index contributed by atoms with van der Waals surface area (Å²) in [6.45, 7) is 6.58. The molecule has 1 unspecified atom stereocenters. The summed E-state index contributed by atoms with van der Waals surface area (Å²) in [6.07, 6.45) is 68.7. The Kier molecular flexibility index (Phi) is 57.1. The molecule has 0 rings (SSSR count). The highest BCUT2D eigenvalue weighted by Gasteiger charge is 2.19. The molecule has 0 bridgehead atoms. The first-order chi connectivity index (χ1) is 34.0. The zero-order chi connectivity index (χ0) is 50.0. The van der Waals surface area contributed by atoms with Crippen LogP contribution in [0.15, 0.2) is 12.2 Å². The normalized spacial score (nSPS) is 12.0. The van der Waals surface area contributed by atoms with Gasteiger partial charge >= 0.3 is 17.9 Å². The average molecular weight is 974 g/mol. The van der Waals surface area contributed by atoms with Crippen LogP contribution in [-0.4, -0.2) is 37.2 Å². The third kappa shape index (κ3) is 56.9. The van der Waals surface area contributed by atoms with Gasteiger partial charge in [0.1, 0.15) is 13.2 Å². The molecule has 69 heavy (non-hydrogen) atoms. The molecule has 0 heterocycles. The molecule has 0 radical (unpaired) electrons. The maximum absolute atomic E-state index is 12.7. The first-order valence-corrected chi connectivity index (χ1v) is 31.2. The van der Waals surface area contributed by atoms with Crippen LogP contribution in [-0.2, 0) is 28.6 Å². The van der Waals surface area contributed by atoms with E-state index < -0.39 is 6.10 Å². The second kappa shape index (κ2) is 58.7. The number of carbonyl (C=O) groups excluding carboxylic acids is 3. The fourth-order valence-corrected chi connectivity index (χ4v) is 9.56. The molecule has 0 aliphatic carbocycles. The number of ether oxygens (including phenoxy) is 3. The van der Waals surface area contributed by atoms with E-state index in [4.69, 9.17) is 14.2 Å². The Morgan fingerprint density at radius 3 is 0.739 bits per heavy atom. The van der Waals surface area contributed by atoms with Gasteiger partial charge in [-0.3, -0.25) is 14.4 Å². The third-order valence-electron chi connectivity index (χ3n) is 14.3. The predicted molar refractivity (Wildman–Crippen MR) is 298 cm³/mol. The van der Waals surface area contributed by atoms with Crippen molar-refractivity contribution in [1.29, 1.82) is 0 Å². The van der Waals surface area contributed by atoms with Crippen LogP contribution in [0.25, 0.3) is 0 Å². The van der Waals surface area contributed by atoms with E-state index in [1.807, 2.05) is 0 Å². The summed E-state index contributed by atoms with van der Waals surface area (Å²) in [6, 6.07) is 0. The number of esters is 3. The van der Waals surface area contributed by atoms with Crippen molar-refractivity contribution < 1.29 is 28.6 Å². The molecule has 408 valence electrons. The molecule has 6 heteroatoms. The number of hydrogen-bond acceptors (Lipinski definition) is 6. The van der Waals surface area contributed by atoms with Gasteiger partial charge in [-0.2, -0.15) is 0 Å². The van der Waals surface area contributed by atoms with Crippen LogP contribution in [0.5, 0.6) is 0 Å². The van der Waals surface area contributed by atoms with Crippen LogP contribution in [0.4, 0.5) is 0 Å². The lowest BCUT2D eigenvalue weighted by Gasteiger charge is -2.18. The van der Waals surface area contributed by atoms with Gasteiger partial charge in [-0.1, -0.05) is 303 Å². The summed E-state index contributed by atoms with van der Waals surface area (Å²) in [5, 5.41) is 0. The number of allylic oxidation sites excluding steroid dienone is 2. The van der Waals surface area contributed by atoms with E-state index in [1.54, 1.807) is 0 Å². The van der Waals surface area contributed by atoms with Crippen LogP contribution in [0.3, 0.4) is 0 Å². The number of carbonyl (C=O) groups is 3. The molecule has 0 N–H and O–H groups in total. The Balaban J connectivity index is 3.82. The van der Waals surface area contributed by atoms with Crippen molar-refractivity contribution in [2.24, 2.45) is 0 Å². The van der Waals surface area contributed by atoms with Crippen LogP contribution < -0.4 is 0 Å². The summed E-state index contributed by atoms with van der Waals surface area (Å²) in [4.78, 5) is 37.7. The molecule has 0 fully saturated rings. The molecule has 0 saturated heterocycles. The fourth-order valence-electron chi connectivity index (χ4n) is 9.56. The van der Waals surface area contributed by atoms with E-state index in [2.05, 4.69) is 32.9 Å². The monoisotopic (exact) mass is 973 g/mol. The lowest BCUT2D eigenvalue weighted by atomic mass is 10.0. The molecule has 0 aliphatic heterocycles. The molecule has 0 aromatic heterocycles. The Hall–Kier alpha value is -1.85. The van der Waals surface area contributed by atoms with Gasteiger partial charge in [0, 0.05) is 19.3 Å². The highest BCUT2D eigenvalue weighted by molar-refractivity contribution is 5.71. The first-order valence-electron chi connectivity index (χ1n) is 31.2. The summed E-state index contributed by atoms with van der Waals surface area (Å²) >= 11 is 0. The van der Waals surface area contributed by atoms with Crippen molar-refractivity contribution in [1.82, 2.24) is 0 Å². The lowest BCUT2D eigenvalue weighted by molar-refractivity contribution is -0.167. The highest BCUT2D eigenvalue weighted by atomic mass is 16.6. The fraction of sp³-hybridized carbons (Fsp3) is 0.921. The molecular formula is C63H120O6. The van der Waals surface area contributed by atoms with Gasteiger partial charge in [0.15, 0.2) is 6.10 Å². The van der Waals surface area contributed by atoms with Crippen LogP contribution in [0, 0.1) is 0 Å². The second-order valence-corrected chi connectivity index (χ2v) is 21.3. The largest absolute Gasteiger partial charge is 0.462 e. The van der Waals surface area contributed by atoms with Crippen molar-refractivity contribution >= 4 is 17.9 Å². The van der Waals surface area contributed by atoms with Gasteiger partial charge < -0.3 is 14.2 Å². The molecule has 0 aromatic carbocycles. The van der Waals surface area contributed by atoms with Crippen LogP contribution in [0.1, 0.15) is 355 Å². The third-order valence-corrected chi connectivity index (χ3v) is 14.3. The zero-order valence-corrected chi connectivity index (χ0v) is 46.9. The van der Waals surface area contributed by atoms with E-state index in [1.165, 1.54) is 244 Å². The smallest absolute Gasteiger partial charge is 0.306 e.